The lowest BCUT2D eigenvalue weighted by atomic mass is 10.1. The summed E-state index contributed by atoms with van der Waals surface area (Å²) >= 11 is 0. The van der Waals surface area contributed by atoms with Gasteiger partial charge in [0.25, 0.3) is 5.91 Å². The topological polar surface area (TPSA) is 84.7 Å². The molecular weight excluding hydrogens is 440 g/mol. The summed E-state index contributed by atoms with van der Waals surface area (Å²) in [7, 11) is -1.59. The number of hydrogen-bond donors (Lipinski definition) is 0. The van der Waals surface area contributed by atoms with Gasteiger partial charge in [-0.25, -0.2) is 8.42 Å². The summed E-state index contributed by atoms with van der Waals surface area (Å²) in [5, 5.41) is 4.75. The van der Waals surface area contributed by atoms with Gasteiger partial charge in [-0.2, -0.15) is 9.40 Å². The Labute approximate surface area is 195 Å². The van der Waals surface area contributed by atoms with Crippen LogP contribution in [0.5, 0.6) is 0 Å². The Bertz CT molecular complexity index is 1110. The summed E-state index contributed by atoms with van der Waals surface area (Å²) < 4.78 is 34.5. The summed E-state index contributed by atoms with van der Waals surface area (Å²) in [6.07, 6.45) is 7.49. The van der Waals surface area contributed by atoms with Gasteiger partial charge in [-0.15, -0.1) is 0 Å². The zero-order valence-electron chi connectivity index (χ0n) is 19.2. The standard InChI is InChI=1S/C24H32N4O4S/c1-26-23-8-4-7-21(23)22(25-26)17-28(19-5-2-3-6-19)24(29)18-9-11-20(12-10-18)33(30,31)27-13-15-32-16-14-27/h9-12,19H,2-8,13-17H2,1H3. The van der Waals surface area contributed by atoms with Crippen molar-refractivity contribution in [3.8, 4) is 0 Å². The van der Waals surface area contributed by atoms with Gasteiger partial charge in [0.1, 0.15) is 0 Å². The lowest BCUT2D eigenvalue weighted by Gasteiger charge is -2.29. The lowest BCUT2D eigenvalue weighted by molar-refractivity contribution is 0.0660. The van der Waals surface area contributed by atoms with Crippen molar-refractivity contribution in [2.24, 2.45) is 7.05 Å². The number of morpholine rings is 1. The fourth-order valence-corrected chi connectivity index (χ4v) is 6.85. The van der Waals surface area contributed by atoms with E-state index in [-0.39, 0.29) is 16.8 Å². The van der Waals surface area contributed by atoms with Crippen LogP contribution in [0.2, 0.25) is 0 Å². The highest BCUT2D eigenvalue weighted by atomic mass is 32.2. The van der Waals surface area contributed by atoms with Crippen LogP contribution in [0.3, 0.4) is 0 Å². The number of carbonyl (C=O) groups excluding carboxylic acids is 1. The number of rotatable bonds is 6. The maximum atomic E-state index is 13.6. The van der Waals surface area contributed by atoms with E-state index in [2.05, 4.69) is 0 Å². The van der Waals surface area contributed by atoms with E-state index in [4.69, 9.17) is 9.84 Å². The number of hydrogen-bond acceptors (Lipinski definition) is 5. The van der Waals surface area contributed by atoms with Gasteiger partial charge in [-0.1, -0.05) is 12.8 Å². The van der Waals surface area contributed by atoms with Crippen LogP contribution in [0, 0.1) is 0 Å². The van der Waals surface area contributed by atoms with Crippen molar-refractivity contribution in [2.75, 3.05) is 26.3 Å². The van der Waals surface area contributed by atoms with Gasteiger partial charge in [0.15, 0.2) is 0 Å². The highest BCUT2D eigenvalue weighted by molar-refractivity contribution is 7.89. The van der Waals surface area contributed by atoms with E-state index >= 15 is 0 Å². The molecule has 1 saturated carbocycles. The van der Waals surface area contributed by atoms with Gasteiger partial charge in [0, 0.05) is 37.4 Å². The fraction of sp³-hybridized carbons (Fsp3) is 0.583. The fourth-order valence-electron chi connectivity index (χ4n) is 5.44. The van der Waals surface area contributed by atoms with Crippen molar-refractivity contribution >= 4 is 15.9 Å². The lowest BCUT2D eigenvalue weighted by Crippen LogP contribution is -2.40. The Hall–Kier alpha value is -2.23. The molecule has 8 nitrogen and oxygen atoms in total. The number of sulfonamides is 1. The number of ether oxygens (including phenoxy) is 1. The molecule has 0 atom stereocenters. The Morgan fingerprint density at radius 1 is 1.09 bits per heavy atom. The summed E-state index contributed by atoms with van der Waals surface area (Å²) in [6.45, 7) is 2.03. The largest absolute Gasteiger partial charge is 0.379 e. The first-order valence-electron chi connectivity index (χ1n) is 12.0. The summed E-state index contributed by atoms with van der Waals surface area (Å²) in [4.78, 5) is 15.8. The molecule has 1 aliphatic heterocycles. The van der Waals surface area contributed by atoms with Crippen LogP contribution in [0.25, 0.3) is 0 Å². The first kappa shape index (κ1) is 22.6. The number of carbonyl (C=O) groups is 1. The van der Waals surface area contributed by atoms with Crippen LogP contribution in [0.1, 0.15) is 59.4 Å². The molecule has 1 aromatic heterocycles. The number of aryl methyl sites for hydroxylation is 1. The molecule has 2 aromatic rings. The monoisotopic (exact) mass is 472 g/mol. The van der Waals surface area contributed by atoms with E-state index in [0.717, 1.165) is 50.6 Å². The second-order valence-electron chi connectivity index (χ2n) is 9.26. The van der Waals surface area contributed by atoms with Gasteiger partial charge in [-0.05, 0) is 61.9 Å². The minimum absolute atomic E-state index is 0.0466. The molecular formula is C24H32N4O4S. The molecule has 1 aromatic carbocycles. The van der Waals surface area contributed by atoms with Crippen LogP contribution in [-0.4, -0.2) is 65.7 Å². The Morgan fingerprint density at radius 3 is 2.48 bits per heavy atom. The second-order valence-corrected chi connectivity index (χ2v) is 11.2. The molecule has 33 heavy (non-hydrogen) atoms. The highest BCUT2D eigenvalue weighted by Gasteiger charge is 2.31. The third kappa shape index (κ3) is 4.34. The van der Waals surface area contributed by atoms with E-state index in [1.54, 1.807) is 24.3 Å². The molecule has 0 radical (unpaired) electrons. The zero-order chi connectivity index (χ0) is 23.0. The first-order chi connectivity index (χ1) is 15.9. The molecule has 0 bridgehead atoms. The molecule has 1 amide bonds. The molecule has 1 saturated heterocycles. The van der Waals surface area contributed by atoms with Gasteiger partial charge in [0.05, 0.1) is 30.3 Å². The maximum Gasteiger partial charge on any atom is 0.254 e. The van der Waals surface area contributed by atoms with Gasteiger partial charge < -0.3 is 9.64 Å². The predicted molar refractivity (Wildman–Crippen MR) is 123 cm³/mol. The van der Waals surface area contributed by atoms with E-state index in [1.807, 2.05) is 16.6 Å². The van der Waals surface area contributed by atoms with E-state index < -0.39 is 10.0 Å². The minimum Gasteiger partial charge on any atom is -0.379 e. The van der Waals surface area contributed by atoms with Crippen molar-refractivity contribution in [2.45, 2.75) is 62.4 Å². The molecule has 5 rings (SSSR count). The number of nitrogens with zero attached hydrogens (tertiary/aromatic N) is 4. The molecule has 3 aliphatic rings. The normalized spacial score (nSPS) is 19.7. The predicted octanol–water partition coefficient (Wildman–Crippen LogP) is 2.51. The summed E-state index contributed by atoms with van der Waals surface area (Å²) in [5.74, 6) is -0.0466. The summed E-state index contributed by atoms with van der Waals surface area (Å²) in [5.41, 5.74) is 4.13. The smallest absolute Gasteiger partial charge is 0.254 e. The SMILES string of the molecule is Cn1nc(CN(C(=O)c2ccc(S(=O)(=O)N3CCOCC3)cc2)C2CCCC2)c2c1CCC2. The van der Waals surface area contributed by atoms with E-state index in [9.17, 15) is 13.2 Å². The van der Waals surface area contributed by atoms with Crippen LogP contribution >= 0.6 is 0 Å². The molecule has 2 fully saturated rings. The van der Waals surface area contributed by atoms with Gasteiger partial charge in [-0.3, -0.25) is 9.48 Å². The van der Waals surface area contributed by atoms with Crippen LogP contribution in [-0.2, 0) is 41.2 Å². The number of fused-ring (bicyclic) bond motifs is 1. The first-order valence-corrected chi connectivity index (χ1v) is 13.4. The van der Waals surface area contributed by atoms with Crippen LogP contribution in [0.15, 0.2) is 29.2 Å². The third-order valence-corrected chi connectivity index (χ3v) is 9.17. The van der Waals surface area contributed by atoms with E-state index in [0.29, 0.717) is 38.4 Å². The Morgan fingerprint density at radius 2 is 1.79 bits per heavy atom. The minimum atomic E-state index is -3.58. The molecule has 2 heterocycles. The highest BCUT2D eigenvalue weighted by Crippen LogP contribution is 2.30. The van der Waals surface area contributed by atoms with Crippen LogP contribution in [0.4, 0.5) is 0 Å². The van der Waals surface area contributed by atoms with Crippen molar-refractivity contribution < 1.29 is 17.9 Å². The van der Waals surface area contributed by atoms with Crippen molar-refractivity contribution in [1.82, 2.24) is 19.0 Å². The number of amides is 1. The van der Waals surface area contributed by atoms with Crippen LogP contribution < -0.4 is 0 Å². The van der Waals surface area contributed by atoms with Crippen molar-refractivity contribution in [3.05, 3.63) is 46.8 Å². The second kappa shape index (κ2) is 9.19. The van der Waals surface area contributed by atoms with Crippen molar-refractivity contribution in [1.29, 1.82) is 0 Å². The summed E-state index contributed by atoms with van der Waals surface area (Å²) in [6, 6.07) is 6.63. The van der Waals surface area contributed by atoms with Crippen molar-refractivity contribution in [3.63, 3.8) is 0 Å². The molecule has 178 valence electrons. The Kier molecular flexibility index (Phi) is 6.28. The molecule has 9 heteroatoms. The Balaban J connectivity index is 1.38. The molecule has 0 unspecified atom stereocenters. The average Bonchev–Trinajstić information content (AvgIpc) is 3.59. The molecule has 2 aliphatic carbocycles. The van der Waals surface area contributed by atoms with Gasteiger partial charge in [0.2, 0.25) is 10.0 Å². The zero-order valence-corrected chi connectivity index (χ0v) is 20.0. The van der Waals surface area contributed by atoms with E-state index in [1.165, 1.54) is 15.6 Å². The molecule has 0 spiro atoms. The quantitative estimate of drug-likeness (QED) is 0.645. The third-order valence-electron chi connectivity index (χ3n) is 7.25. The van der Waals surface area contributed by atoms with Gasteiger partial charge >= 0.3 is 0 Å². The average molecular weight is 473 g/mol. The maximum absolute atomic E-state index is 13.6. The number of benzene rings is 1. The molecule has 0 N–H and O–H groups in total. The number of aromatic nitrogens is 2.